The minimum atomic E-state index is 0.197. The molecule has 1 atom stereocenters. The maximum atomic E-state index is 12.8. The summed E-state index contributed by atoms with van der Waals surface area (Å²) < 4.78 is 0. The molecule has 0 aliphatic carbocycles. The van der Waals surface area contributed by atoms with Crippen molar-refractivity contribution in [3.8, 4) is 0 Å². The molecule has 1 nitrogen and oxygen atoms in total. The van der Waals surface area contributed by atoms with Gasteiger partial charge in [0.25, 0.3) is 0 Å². The molecule has 1 unspecified atom stereocenters. The SMILES string of the molecule is CCCCCC(CCC)C(=O)c1ccc2ccccc2c1. The summed E-state index contributed by atoms with van der Waals surface area (Å²) in [6, 6.07) is 14.4. The van der Waals surface area contributed by atoms with Gasteiger partial charge < -0.3 is 0 Å². The number of benzene rings is 2. The first kappa shape index (κ1) is 15.8. The van der Waals surface area contributed by atoms with E-state index in [1.165, 1.54) is 24.6 Å². The van der Waals surface area contributed by atoms with Gasteiger partial charge in [-0.2, -0.15) is 0 Å². The monoisotopic (exact) mass is 282 g/mol. The van der Waals surface area contributed by atoms with Crippen LogP contribution in [0, 0.1) is 5.92 Å². The molecule has 1 heteroatoms. The summed E-state index contributed by atoms with van der Waals surface area (Å²) in [6.07, 6.45) is 6.73. The number of fused-ring (bicyclic) bond motifs is 1. The minimum Gasteiger partial charge on any atom is -0.294 e. The van der Waals surface area contributed by atoms with Crippen LogP contribution in [-0.4, -0.2) is 5.78 Å². The summed E-state index contributed by atoms with van der Waals surface area (Å²) >= 11 is 0. The van der Waals surface area contributed by atoms with Crippen LogP contribution in [0.15, 0.2) is 42.5 Å². The van der Waals surface area contributed by atoms with E-state index < -0.39 is 0 Å². The zero-order valence-electron chi connectivity index (χ0n) is 13.3. The highest BCUT2D eigenvalue weighted by Crippen LogP contribution is 2.23. The fourth-order valence-corrected chi connectivity index (χ4v) is 2.97. The van der Waals surface area contributed by atoms with Crippen LogP contribution >= 0.6 is 0 Å². The van der Waals surface area contributed by atoms with E-state index in [-0.39, 0.29) is 5.92 Å². The summed E-state index contributed by atoms with van der Waals surface area (Å²) in [5, 5.41) is 2.36. The quantitative estimate of drug-likeness (QED) is 0.427. The van der Waals surface area contributed by atoms with Gasteiger partial charge in [-0.15, -0.1) is 0 Å². The molecular formula is C20H26O. The van der Waals surface area contributed by atoms with Crippen LogP contribution in [0.1, 0.15) is 62.7 Å². The predicted molar refractivity (Wildman–Crippen MR) is 90.8 cm³/mol. The zero-order chi connectivity index (χ0) is 15.1. The molecule has 0 heterocycles. The highest BCUT2D eigenvalue weighted by Gasteiger charge is 2.19. The molecule has 0 aliphatic heterocycles. The van der Waals surface area contributed by atoms with E-state index in [0.29, 0.717) is 5.78 Å². The first-order valence-electron chi connectivity index (χ1n) is 8.29. The highest BCUT2D eigenvalue weighted by molar-refractivity contribution is 6.01. The van der Waals surface area contributed by atoms with Crippen molar-refractivity contribution in [1.29, 1.82) is 0 Å². The Morgan fingerprint density at radius 1 is 0.905 bits per heavy atom. The van der Waals surface area contributed by atoms with E-state index in [0.717, 1.165) is 30.2 Å². The lowest BCUT2D eigenvalue weighted by Gasteiger charge is -2.15. The van der Waals surface area contributed by atoms with Gasteiger partial charge in [0.05, 0.1) is 0 Å². The van der Waals surface area contributed by atoms with Crippen LogP contribution in [0.2, 0.25) is 0 Å². The fraction of sp³-hybridized carbons (Fsp3) is 0.450. The van der Waals surface area contributed by atoms with Crippen LogP contribution in [0.3, 0.4) is 0 Å². The average molecular weight is 282 g/mol. The van der Waals surface area contributed by atoms with Crippen LogP contribution in [0.25, 0.3) is 10.8 Å². The number of Topliss-reactive ketones (excluding diaryl/α,β-unsaturated/α-hetero) is 1. The Morgan fingerprint density at radius 2 is 1.67 bits per heavy atom. The summed E-state index contributed by atoms with van der Waals surface area (Å²) in [5.41, 5.74) is 0.878. The van der Waals surface area contributed by atoms with E-state index in [4.69, 9.17) is 0 Å². The second-order valence-electron chi connectivity index (χ2n) is 5.91. The molecule has 112 valence electrons. The van der Waals surface area contributed by atoms with Crippen LogP contribution in [0.5, 0.6) is 0 Å². The van der Waals surface area contributed by atoms with Gasteiger partial charge in [0.2, 0.25) is 0 Å². The van der Waals surface area contributed by atoms with Gasteiger partial charge in [-0.1, -0.05) is 75.9 Å². The van der Waals surface area contributed by atoms with E-state index in [1.807, 2.05) is 18.2 Å². The van der Waals surface area contributed by atoms with Crippen LogP contribution in [0.4, 0.5) is 0 Å². The molecule has 0 aromatic heterocycles. The van der Waals surface area contributed by atoms with Crippen molar-refractivity contribution in [2.24, 2.45) is 5.92 Å². The van der Waals surface area contributed by atoms with Gasteiger partial charge in [-0.05, 0) is 29.7 Å². The molecule has 0 spiro atoms. The largest absolute Gasteiger partial charge is 0.294 e. The molecule has 0 radical (unpaired) electrons. The Balaban J connectivity index is 2.16. The molecule has 0 N–H and O–H groups in total. The normalized spacial score (nSPS) is 12.5. The maximum absolute atomic E-state index is 12.8. The molecule has 2 aromatic carbocycles. The van der Waals surface area contributed by atoms with E-state index >= 15 is 0 Å². The van der Waals surface area contributed by atoms with Crippen LogP contribution in [-0.2, 0) is 0 Å². The Morgan fingerprint density at radius 3 is 2.38 bits per heavy atom. The third-order valence-electron chi connectivity index (χ3n) is 4.20. The van der Waals surface area contributed by atoms with Gasteiger partial charge in [0.15, 0.2) is 5.78 Å². The van der Waals surface area contributed by atoms with Crippen molar-refractivity contribution in [3.05, 3.63) is 48.0 Å². The van der Waals surface area contributed by atoms with Gasteiger partial charge in [-0.3, -0.25) is 4.79 Å². The number of unbranched alkanes of at least 4 members (excludes halogenated alkanes) is 2. The van der Waals surface area contributed by atoms with Crippen LogP contribution < -0.4 is 0 Å². The second kappa shape index (κ2) is 7.97. The second-order valence-corrected chi connectivity index (χ2v) is 5.91. The Labute approximate surface area is 128 Å². The highest BCUT2D eigenvalue weighted by atomic mass is 16.1. The van der Waals surface area contributed by atoms with Crippen molar-refractivity contribution in [1.82, 2.24) is 0 Å². The van der Waals surface area contributed by atoms with Gasteiger partial charge in [0, 0.05) is 11.5 Å². The van der Waals surface area contributed by atoms with Gasteiger partial charge in [-0.25, -0.2) is 0 Å². The van der Waals surface area contributed by atoms with Crippen molar-refractivity contribution < 1.29 is 4.79 Å². The molecule has 2 aromatic rings. The summed E-state index contributed by atoms with van der Waals surface area (Å²) in [5.74, 6) is 0.529. The number of rotatable bonds is 8. The first-order valence-corrected chi connectivity index (χ1v) is 8.29. The molecule has 2 rings (SSSR count). The Hall–Kier alpha value is -1.63. The molecule has 21 heavy (non-hydrogen) atoms. The van der Waals surface area contributed by atoms with Crippen molar-refractivity contribution >= 4 is 16.6 Å². The average Bonchev–Trinajstić information content (AvgIpc) is 2.53. The van der Waals surface area contributed by atoms with E-state index in [2.05, 4.69) is 38.1 Å². The van der Waals surface area contributed by atoms with E-state index in [9.17, 15) is 4.79 Å². The van der Waals surface area contributed by atoms with Crippen molar-refractivity contribution in [2.45, 2.75) is 52.4 Å². The number of hydrogen-bond donors (Lipinski definition) is 0. The minimum absolute atomic E-state index is 0.197. The predicted octanol–water partition coefficient (Wildman–Crippen LogP) is 6.02. The number of ketones is 1. The molecular weight excluding hydrogens is 256 g/mol. The fourth-order valence-electron chi connectivity index (χ4n) is 2.97. The summed E-state index contributed by atoms with van der Waals surface area (Å²) in [7, 11) is 0. The molecule has 0 saturated heterocycles. The molecule has 0 bridgehead atoms. The number of carbonyl (C=O) groups excluding carboxylic acids is 1. The lowest BCUT2D eigenvalue weighted by atomic mass is 9.88. The number of carbonyl (C=O) groups is 1. The smallest absolute Gasteiger partial charge is 0.165 e. The van der Waals surface area contributed by atoms with Crippen molar-refractivity contribution in [2.75, 3.05) is 0 Å². The molecule has 0 saturated carbocycles. The summed E-state index contributed by atoms with van der Waals surface area (Å²) in [6.45, 7) is 4.38. The maximum Gasteiger partial charge on any atom is 0.165 e. The molecule has 0 fully saturated rings. The lowest BCUT2D eigenvalue weighted by Crippen LogP contribution is -2.15. The lowest BCUT2D eigenvalue weighted by molar-refractivity contribution is 0.0903. The third kappa shape index (κ3) is 4.17. The van der Waals surface area contributed by atoms with E-state index in [1.54, 1.807) is 0 Å². The molecule has 0 amide bonds. The standard InChI is InChI=1S/C20H26O/c1-3-5-6-11-17(9-4-2)20(21)19-14-13-16-10-7-8-12-18(16)15-19/h7-8,10,12-15,17H,3-6,9,11H2,1-2H3. The first-order chi connectivity index (χ1) is 10.3. The summed E-state index contributed by atoms with van der Waals surface area (Å²) in [4.78, 5) is 12.8. The molecule has 0 aliphatic rings. The number of hydrogen-bond acceptors (Lipinski definition) is 1. The zero-order valence-corrected chi connectivity index (χ0v) is 13.3. The van der Waals surface area contributed by atoms with Gasteiger partial charge >= 0.3 is 0 Å². The Kier molecular flexibility index (Phi) is 5.98. The van der Waals surface area contributed by atoms with Crippen molar-refractivity contribution in [3.63, 3.8) is 0 Å². The third-order valence-corrected chi connectivity index (χ3v) is 4.20. The topological polar surface area (TPSA) is 17.1 Å². The Bertz CT molecular complexity index is 585. The van der Waals surface area contributed by atoms with Gasteiger partial charge in [0.1, 0.15) is 0 Å².